The molecule has 1 atom stereocenters. The third kappa shape index (κ3) is 4.82. The van der Waals surface area contributed by atoms with Crippen LogP contribution in [0, 0.1) is 5.82 Å². The fourth-order valence-electron chi connectivity index (χ4n) is 2.49. The third-order valence-corrected chi connectivity index (χ3v) is 4.52. The fourth-order valence-corrected chi connectivity index (χ4v) is 2.90. The first kappa shape index (κ1) is 18.5. The molecular weight excluding hydrogens is 325 g/mol. The first-order valence-corrected chi connectivity index (χ1v) is 8.96. The number of thioether (sulfide) groups is 1. The molecule has 0 saturated carbocycles. The molecule has 0 bridgehead atoms. The van der Waals surface area contributed by atoms with Crippen molar-refractivity contribution in [3.05, 3.63) is 65.5 Å². The molecule has 0 saturated heterocycles. The van der Waals surface area contributed by atoms with E-state index < -0.39 is 0 Å². The van der Waals surface area contributed by atoms with E-state index in [2.05, 4.69) is 0 Å². The average Bonchev–Trinajstić information content (AvgIpc) is 2.59. The van der Waals surface area contributed by atoms with Crippen LogP contribution in [0.4, 0.5) is 4.39 Å². The maximum Gasteiger partial charge on any atom is 0.254 e. The molecule has 1 unspecified atom stereocenters. The molecule has 0 heterocycles. The average molecular weight is 347 g/mol. The van der Waals surface area contributed by atoms with Gasteiger partial charge in [-0.1, -0.05) is 12.1 Å². The third-order valence-electron chi connectivity index (χ3n) is 3.78. The van der Waals surface area contributed by atoms with E-state index in [1.165, 1.54) is 12.1 Å². The van der Waals surface area contributed by atoms with E-state index in [1.54, 1.807) is 29.8 Å². The van der Waals surface area contributed by atoms with Crippen LogP contribution in [0.3, 0.4) is 0 Å². The number of carbonyl (C=O) groups is 1. The molecule has 3 nitrogen and oxygen atoms in total. The molecule has 24 heavy (non-hydrogen) atoms. The molecule has 0 fully saturated rings. The predicted molar refractivity (Wildman–Crippen MR) is 95.8 cm³/mol. The number of ether oxygens (including phenoxy) is 1. The Hall–Kier alpha value is -1.85. The molecule has 2 rings (SSSR count). The number of hydrogen-bond acceptors (Lipinski definition) is 3. The number of rotatable bonds is 7. The second-order valence-electron chi connectivity index (χ2n) is 5.60. The lowest BCUT2D eigenvalue weighted by Gasteiger charge is -2.29. The summed E-state index contributed by atoms with van der Waals surface area (Å²) in [5.41, 5.74) is 1.37. The molecule has 1 amide bonds. The molecule has 128 valence electrons. The molecular formula is C19H22FNO2S. The van der Waals surface area contributed by atoms with Crippen molar-refractivity contribution in [2.45, 2.75) is 24.4 Å². The molecule has 0 aliphatic rings. The summed E-state index contributed by atoms with van der Waals surface area (Å²) in [6, 6.07) is 13.7. The highest BCUT2D eigenvalue weighted by Gasteiger charge is 2.22. The van der Waals surface area contributed by atoms with Crippen molar-refractivity contribution in [1.82, 2.24) is 4.90 Å². The Morgan fingerprint density at radius 2 is 1.96 bits per heavy atom. The Kier molecular flexibility index (Phi) is 6.82. The second-order valence-corrected chi connectivity index (χ2v) is 6.48. The van der Waals surface area contributed by atoms with Gasteiger partial charge in [0.25, 0.3) is 5.91 Å². The molecule has 2 aromatic carbocycles. The van der Waals surface area contributed by atoms with E-state index in [4.69, 9.17) is 4.74 Å². The Bertz CT molecular complexity index is 675. The van der Waals surface area contributed by atoms with Gasteiger partial charge in [-0.05, 0) is 55.1 Å². The minimum atomic E-state index is -0.302. The SMILES string of the molecule is COCC(C)N(Cc1cccc(F)c1)C(=O)c1ccc(SC)cc1. The lowest BCUT2D eigenvalue weighted by atomic mass is 10.1. The first-order chi connectivity index (χ1) is 11.5. The van der Waals surface area contributed by atoms with Crippen molar-refractivity contribution in [1.29, 1.82) is 0 Å². The van der Waals surface area contributed by atoms with Gasteiger partial charge in [0, 0.05) is 24.1 Å². The molecule has 0 radical (unpaired) electrons. The standard InChI is InChI=1S/C19H22FNO2S/c1-14(13-23-2)21(12-15-5-4-6-17(20)11-15)19(22)16-7-9-18(24-3)10-8-16/h4-11,14H,12-13H2,1-3H3. The lowest BCUT2D eigenvalue weighted by Crippen LogP contribution is -2.40. The minimum Gasteiger partial charge on any atom is -0.383 e. The number of carbonyl (C=O) groups excluding carboxylic acids is 1. The number of methoxy groups -OCH3 is 1. The van der Waals surface area contributed by atoms with Gasteiger partial charge in [-0.25, -0.2) is 4.39 Å². The Morgan fingerprint density at radius 1 is 1.25 bits per heavy atom. The Morgan fingerprint density at radius 3 is 2.54 bits per heavy atom. The summed E-state index contributed by atoms with van der Waals surface area (Å²) in [6.45, 7) is 2.69. The van der Waals surface area contributed by atoms with Gasteiger partial charge in [-0.15, -0.1) is 11.8 Å². The molecule has 5 heteroatoms. The van der Waals surface area contributed by atoms with E-state index in [1.807, 2.05) is 43.5 Å². The molecule has 0 aliphatic carbocycles. The zero-order chi connectivity index (χ0) is 17.5. The van der Waals surface area contributed by atoms with Crippen molar-refractivity contribution >= 4 is 17.7 Å². The van der Waals surface area contributed by atoms with Crippen LogP contribution in [0.1, 0.15) is 22.8 Å². The molecule has 0 aliphatic heterocycles. The number of benzene rings is 2. The molecule has 2 aromatic rings. The normalized spacial score (nSPS) is 12.0. The summed E-state index contributed by atoms with van der Waals surface area (Å²) >= 11 is 1.63. The van der Waals surface area contributed by atoms with Crippen LogP contribution in [-0.4, -0.2) is 36.8 Å². The van der Waals surface area contributed by atoms with Crippen LogP contribution in [0.15, 0.2) is 53.4 Å². The van der Waals surface area contributed by atoms with Gasteiger partial charge in [0.1, 0.15) is 5.82 Å². The first-order valence-electron chi connectivity index (χ1n) is 7.73. The van der Waals surface area contributed by atoms with Crippen molar-refractivity contribution in [2.75, 3.05) is 20.0 Å². The Balaban J connectivity index is 2.25. The number of halogens is 1. The van der Waals surface area contributed by atoms with Crippen LogP contribution >= 0.6 is 11.8 Å². The highest BCUT2D eigenvalue weighted by Crippen LogP contribution is 2.18. The van der Waals surface area contributed by atoms with Gasteiger partial charge < -0.3 is 9.64 Å². The summed E-state index contributed by atoms with van der Waals surface area (Å²) < 4.78 is 18.6. The quantitative estimate of drug-likeness (QED) is 0.702. The van der Waals surface area contributed by atoms with Crippen LogP contribution in [0.25, 0.3) is 0 Å². The number of hydrogen-bond donors (Lipinski definition) is 0. The monoisotopic (exact) mass is 347 g/mol. The van der Waals surface area contributed by atoms with Crippen LogP contribution < -0.4 is 0 Å². The van der Waals surface area contributed by atoms with Crippen molar-refractivity contribution < 1.29 is 13.9 Å². The van der Waals surface area contributed by atoms with Gasteiger partial charge in [-0.2, -0.15) is 0 Å². The summed E-state index contributed by atoms with van der Waals surface area (Å²) in [6.07, 6.45) is 1.99. The molecule has 0 aromatic heterocycles. The zero-order valence-electron chi connectivity index (χ0n) is 14.2. The van der Waals surface area contributed by atoms with Gasteiger partial charge in [0.15, 0.2) is 0 Å². The summed E-state index contributed by atoms with van der Waals surface area (Å²) in [5.74, 6) is -0.389. The van der Waals surface area contributed by atoms with Crippen LogP contribution in [-0.2, 0) is 11.3 Å². The largest absolute Gasteiger partial charge is 0.383 e. The van der Waals surface area contributed by atoms with Gasteiger partial charge in [0.2, 0.25) is 0 Å². The van der Waals surface area contributed by atoms with E-state index in [0.29, 0.717) is 18.7 Å². The van der Waals surface area contributed by atoms with Crippen LogP contribution in [0.5, 0.6) is 0 Å². The number of amides is 1. The van der Waals surface area contributed by atoms with Crippen molar-refractivity contribution in [2.24, 2.45) is 0 Å². The fraction of sp³-hybridized carbons (Fsp3) is 0.316. The lowest BCUT2D eigenvalue weighted by molar-refractivity contribution is 0.0542. The summed E-state index contributed by atoms with van der Waals surface area (Å²) in [5, 5.41) is 0. The second kappa shape index (κ2) is 8.85. The smallest absolute Gasteiger partial charge is 0.254 e. The molecule has 0 spiro atoms. The minimum absolute atomic E-state index is 0.0866. The van der Waals surface area contributed by atoms with Crippen molar-refractivity contribution in [3.8, 4) is 0 Å². The van der Waals surface area contributed by atoms with Gasteiger partial charge in [0.05, 0.1) is 12.6 Å². The van der Waals surface area contributed by atoms with E-state index >= 15 is 0 Å². The predicted octanol–water partition coefficient (Wildman–Crippen LogP) is 4.22. The van der Waals surface area contributed by atoms with E-state index in [0.717, 1.165) is 10.5 Å². The van der Waals surface area contributed by atoms with Gasteiger partial charge in [-0.3, -0.25) is 4.79 Å². The molecule has 0 N–H and O–H groups in total. The maximum absolute atomic E-state index is 13.4. The van der Waals surface area contributed by atoms with E-state index in [-0.39, 0.29) is 17.8 Å². The van der Waals surface area contributed by atoms with E-state index in [9.17, 15) is 9.18 Å². The highest BCUT2D eigenvalue weighted by molar-refractivity contribution is 7.98. The number of nitrogens with zero attached hydrogens (tertiary/aromatic N) is 1. The highest BCUT2D eigenvalue weighted by atomic mass is 32.2. The topological polar surface area (TPSA) is 29.5 Å². The maximum atomic E-state index is 13.4. The summed E-state index contributed by atoms with van der Waals surface area (Å²) in [4.78, 5) is 15.7. The van der Waals surface area contributed by atoms with Crippen molar-refractivity contribution in [3.63, 3.8) is 0 Å². The van der Waals surface area contributed by atoms with Gasteiger partial charge >= 0.3 is 0 Å². The van der Waals surface area contributed by atoms with Crippen LogP contribution in [0.2, 0.25) is 0 Å². The summed E-state index contributed by atoms with van der Waals surface area (Å²) in [7, 11) is 1.61. The zero-order valence-corrected chi connectivity index (χ0v) is 15.0. The Labute approximate surface area is 146 Å².